The van der Waals surface area contributed by atoms with Gasteiger partial charge in [-0.2, -0.15) is 0 Å². The molecule has 0 radical (unpaired) electrons. The van der Waals surface area contributed by atoms with Crippen molar-refractivity contribution in [3.05, 3.63) is 57.2 Å². The molecule has 0 saturated heterocycles. The molecule has 0 aliphatic carbocycles. The monoisotopic (exact) mass is 462 g/mol. The normalized spacial score (nSPS) is 13.7. The van der Waals surface area contributed by atoms with Gasteiger partial charge in [0.25, 0.3) is 5.91 Å². The number of amides is 2. The minimum atomic E-state index is -0.113. The lowest BCUT2D eigenvalue weighted by atomic mass is 9.99. The van der Waals surface area contributed by atoms with Gasteiger partial charge in [-0.15, -0.1) is 0 Å². The standard InChI is InChI=1S/C21H23IN2O2/c1-14(2)11-12-24-19-9-8-16(13-15(19)7-10-20(24)25)23-21(26)17-5-3-4-6-18(17)22/h3-6,8-9,13-14H,7,10-12H2,1-2H3,(H,23,26). The summed E-state index contributed by atoms with van der Waals surface area (Å²) in [6.45, 7) is 5.08. The number of rotatable bonds is 5. The molecular weight excluding hydrogens is 439 g/mol. The number of hydrogen-bond donors (Lipinski definition) is 1. The Balaban J connectivity index is 1.79. The van der Waals surface area contributed by atoms with Crippen LogP contribution in [-0.2, 0) is 11.2 Å². The van der Waals surface area contributed by atoms with Crippen molar-refractivity contribution in [3.8, 4) is 0 Å². The van der Waals surface area contributed by atoms with E-state index < -0.39 is 0 Å². The van der Waals surface area contributed by atoms with Gasteiger partial charge in [0.05, 0.1) is 5.56 Å². The number of carbonyl (C=O) groups is 2. The lowest BCUT2D eigenvalue weighted by molar-refractivity contribution is -0.118. The van der Waals surface area contributed by atoms with Crippen LogP contribution in [0.1, 0.15) is 42.6 Å². The van der Waals surface area contributed by atoms with Gasteiger partial charge in [-0.1, -0.05) is 26.0 Å². The molecule has 2 aromatic carbocycles. The van der Waals surface area contributed by atoms with Crippen LogP contribution >= 0.6 is 22.6 Å². The largest absolute Gasteiger partial charge is 0.322 e. The minimum Gasteiger partial charge on any atom is -0.322 e. The topological polar surface area (TPSA) is 49.4 Å². The highest BCUT2D eigenvalue weighted by molar-refractivity contribution is 14.1. The summed E-state index contributed by atoms with van der Waals surface area (Å²) in [5.74, 6) is 0.632. The molecule has 3 rings (SSSR count). The van der Waals surface area contributed by atoms with E-state index in [-0.39, 0.29) is 11.8 Å². The first-order chi connectivity index (χ1) is 12.5. The molecule has 1 aliphatic heterocycles. The van der Waals surface area contributed by atoms with Crippen molar-refractivity contribution in [1.82, 2.24) is 0 Å². The van der Waals surface area contributed by atoms with Gasteiger partial charge < -0.3 is 10.2 Å². The highest BCUT2D eigenvalue weighted by Crippen LogP contribution is 2.31. The lowest BCUT2D eigenvalue weighted by Gasteiger charge is -2.30. The first-order valence-corrected chi connectivity index (χ1v) is 10.0. The molecule has 26 heavy (non-hydrogen) atoms. The summed E-state index contributed by atoms with van der Waals surface area (Å²) in [5, 5.41) is 2.98. The molecule has 136 valence electrons. The molecule has 0 saturated carbocycles. The zero-order valence-electron chi connectivity index (χ0n) is 15.1. The Hall–Kier alpha value is -1.89. The van der Waals surface area contributed by atoms with Crippen molar-refractivity contribution < 1.29 is 9.59 Å². The van der Waals surface area contributed by atoms with Gasteiger partial charge in [-0.05, 0) is 77.2 Å². The molecule has 0 aromatic heterocycles. The van der Waals surface area contributed by atoms with Crippen LogP contribution in [0.5, 0.6) is 0 Å². The second-order valence-corrected chi connectivity index (χ2v) is 8.17. The van der Waals surface area contributed by atoms with Crippen molar-refractivity contribution in [2.24, 2.45) is 5.92 Å². The summed E-state index contributed by atoms with van der Waals surface area (Å²) >= 11 is 2.17. The number of carbonyl (C=O) groups excluding carboxylic acids is 2. The third kappa shape index (κ3) is 4.26. The third-order valence-electron chi connectivity index (χ3n) is 4.59. The third-order valence-corrected chi connectivity index (χ3v) is 5.53. The molecule has 1 N–H and O–H groups in total. The summed E-state index contributed by atoms with van der Waals surface area (Å²) in [4.78, 5) is 26.7. The summed E-state index contributed by atoms with van der Waals surface area (Å²) in [7, 11) is 0. The zero-order valence-corrected chi connectivity index (χ0v) is 17.2. The highest BCUT2D eigenvalue weighted by atomic mass is 127. The second-order valence-electron chi connectivity index (χ2n) is 7.01. The Kier molecular flexibility index (Phi) is 5.96. The number of hydrogen-bond acceptors (Lipinski definition) is 2. The van der Waals surface area contributed by atoms with Gasteiger partial charge in [-0.3, -0.25) is 9.59 Å². The maximum Gasteiger partial charge on any atom is 0.256 e. The zero-order chi connectivity index (χ0) is 18.7. The number of aryl methyl sites for hydroxylation is 1. The fourth-order valence-corrected chi connectivity index (χ4v) is 3.75. The quantitative estimate of drug-likeness (QED) is 0.645. The molecule has 0 bridgehead atoms. The number of nitrogens with one attached hydrogen (secondary N) is 1. The fraction of sp³-hybridized carbons (Fsp3) is 0.333. The van der Waals surface area contributed by atoms with Crippen molar-refractivity contribution in [1.29, 1.82) is 0 Å². The lowest BCUT2D eigenvalue weighted by Crippen LogP contribution is -2.36. The average molecular weight is 462 g/mol. The minimum absolute atomic E-state index is 0.113. The molecular formula is C21H23IN2O2. The van der Waals surface area contributed by atoms with Crippen molar-refractivity contribution >= 4 is 45.8 Å². The Labute approximate surface area is 168 Å². The van der Waals surface area contributed by atoms with Gasteiger partial charge in [-0.25, -0.2) is 0 Å². The summed E-state index contributed by atoms with van der Waals surface area (Å²) in [5.41, 5.74) is 3.54. The van der Waals surface area contributed by atoms with Gasteiger partial charge >= 0.3 is 0 Å². The van der Waals surface area contributed by atoms with Gasteiger partial charge in [0.15, 0.2) is 0 Å². The van der Waals surface area contributed by atoms with Crippen LogP contribution in [0.2, 0.25) is 0 Å². The van der Waals surface area contributed by atoms with Gasteiger partial charge in [0, 0.05) is 27.9 Å². The van der Waals surface area contributed by atoms with Gasteiger partial charge in [0.1, 0.15) is 0 Å². The van der Waals surface area contributed by atoms with Crippen LogP contribution in [0.25, 0.3) is 0 Å². The fourth-order valence-electron chi connectivity index (χ4n) is 3.11. The molecule has 4 nitrogen and oxygen atoms in total. The van der Waals surface area contributed by atoms with Crippen molar-refractivity contribution in [2.45, 2.75) is 33.1 Å². The van der Waals surface area contributed by atoms with E-state index in [1.807, 2.05) is 47.4 Å². The molecule has 1 heterocycles. The highest BCUT2D eigenvalue weighted by Gasteiger charge is 2.24. The van der Waals surface area contributed by atoms with E-state index >= 15 is 0 Å². The van der Waals surface area contributed by atoms with E-state index in [0.29, 0.717) is 17.9 Å². The second kappa shape index (κ2) is 8.20. The number of benzene rings is 2. The first-order valence-electron chi connectivity index (χ1n) is 8.95. The molecule has 0 atom stereocenters. The molecule has 5 heteroatoms. The van der Waals surface area contributed by atoms with E-state index in [4.69, 9.17) is 0 Å². The van der Waals surface area contributed by atoms with Crippen molar-refractivity contribution in [3.63, 3.8) is 0 Å². The van der Waals surface area contributed by atoms with Crippen LogP contribution in [0.4, 0.5) is 11.4 Å². The molecule has 2 aromatic rings. The van der Waals surface area contributed by atoms with Crippen LogP contribution in [-0.4, -0.2) is 18.4 Å². The molecule has 0 spiro atoms. The van der Waals surface area contributed by atoms with E-state index in [0.717, 1.165) is 39.9 Å². The van der Waals surface area contributed by atoms with Crippen molar-refractivity contribution in [2.75, 3.05) is 16.8 Å². The molecule has 1 aliphatic rings. The number of anilines is 2. The number of fused-ring (bicyclic) bond motifs is 1. The van der Waals surface area contributed by atoms with Gasteiger partial charge in [0.2, 0.25) is 5.91 Å². The average Bonchev–Trinajstić information content (AvgIpc) is 2.61. The Bertz CT molecular complexity index is 833. The molecule has 2 amide bonds. The van der Waals surface area contributed by atoms with E-state index in [1.54, 1.807) is 0 Å². The Morgan fingerprint density at radius 1 is 1.19 bits per heavy atom. The smallest absolute Gasteiger partial charge is 0.256 e. The first kappa shape index (κ1) is 18.9. The van der Waals surface area contributed by atoms with Crippen LogP contribution in [0.15, 0.2) is 42.5 Å². The summed E-state index contributed by atoms with van der Waals surface area (Å²) in [6.07, 6.45) is 2.23. The number of halogens is 1. The van der Waals surface area contributed by atoms with E-state index in [9.17, 15) is 9.59 Å². The predicted octanol–water partition coefficient (Wildman–Crippen LogP) is 4.87. The maximum atomic E-state index is 12.5. The SMILES string of the molecule is CC(C)CCN1C(=O)CCc2cc(NC(=O)c3ccccc3I)ccc21. The predicted molar refractivity (Wildman–Crippen MR) is 114 cm³/mol. The Morgan fingerprint density at radius 2 is 1.96 bits per heavy atom. The molecule has 0 unspecified atom stereocenters. The Morgan fingerprint density at radius 3 is 2.69 bits per heavy atom. The van der Waals surface area contributed by atoms with E-state index in [1.165, 1.54) is 0 Å². The summed E-state index contributed by atoms with van der Waals surface area (Å²) in [6, 6.07) is 13.4. The summed E-state index contributed by atoms with van der Waals surface area (Å²) < 4.78 is 0.922. The number of nitrogens with zero attached hydrogens (tertiary/aromatic N) is 1. The van der Waals surface area contributed by atoms with Crippen LogP contribution in [0.3, 0.4) is 0 Å². The van der Waals surface area contributed by atoms with E-state index in [2.05, 4.69) is 41.8 Å². The molecule has 0 fully saturated rings. The van der Waals surface area contributed by atoms with Crippen LogP contribution in [0, 0.1) is 9.49 Å². The maximum absolute atomic E-state index is 12.5. The van der Waals surface area contributed by atoms with Crippen LogP contribution < -0.4 is 10.2 Å².